The third-order valence-corrected chi connectivity index (χ3v) is 4.27. The molecule has 0 atom stereocenters. The number of halogens is 1. The van der Waals surface area contributed by atoms with E-state index in [1.807, 2.05) is 0 Å². The number of esters is 1. The minimum Gasteiger partial charge on any atom is -0.466 e. The van der Waals surface area contributed by atoms with Gasteiger partial charge in [0, 0.05) is 6.54 Å². The molecule has 0 saturated heterocycles. The van der Waals surface area contributed by atoms with Crippen molar-refractivity contribution < 1.29 is 17.9 Å². The normalized spacial score (nSPS) is 11.9. The maximum atomic E-state index is 11.0. The average molecular weight is 314 g/mol. The van der Waals surface area contributed by atoms with Gasteiger partial charge in [-0.05, 0) is 13.3 Å². The van der Waals surface area contributed by atoms with Crippen LogP contribution in [0.25, 0.3) is 0 Å². The van der Waals surface area contributed by atoms with Crippen molar-refractivity contribution in [3.8, 4) is 0 Å². The van der Waals surface area contributed by atoms with Crippen LogP contribution in [0.2, 0.25) is 0 Å². The first-order valence-corrected chi connectivity index (χ1v) is 7.63. The minimum atomic E-state index is -3.19. The summed E-state index contributed by atoms with van der Waals surface area (Å²) in [5.74, 6) is -0.278. The topological polar surface area (TPSA) is 72.5 Å². The molecule has 0 rings (SSSR count). The van der Waals surface area contributed by atoms with Gasteiger partial charge < -0.3 is 4.74 Å². The maximum Gasteiger partial charge on any atom is 0.309 e. The largest absolute Gasteiger partial charge is 0.466 e. The van der Waals surface area contributed by atoms with Gasteiger partial charge in [0.15, 0.2) is 0 Å². The van der Waals surface area contributed by atoms with Crippen LogP contribution in [0.5, 0.6) is 0 Å². The number of ether oxygens (including phenoxy) is 1. The van der Waals surface area contributed by atoms with E-state index in [1.165, 1.54) is 0 Å². The fraction of sp³-hybridized carbons (Fsp3) is 0.667. The molecular formula is C9H16BrNO4S. The van der Waals surface area contributed by atoms with E-state index >= 15 is 0 Å². The third-order valence-electron chi connectivity index (χ3n) is 1.53. The lowest BCUT2D eigenvalue weighted by Gasteiger charge is -2.00. The van der Waals surface area contributed by atoms with Gasteiger partial charge in [-0.3, -0.25) is 4.79 Å². The van der Waals surface area contributed by atoms with Crippen molar-refractivity contribution in [2.24, 2.45) is 0 Å². The summed E-state index contributed by atoms with van der Waals surface area (Å²) < 4.78 is 28.9. The van der Waals surface area contributed by atoms with E-state index in [2.05, 4.69) is 20.7 Å². The number of hydrogen-bond acceptors (Lipinski definition) is 4. The molecule has 16 heavy (non-hydrogen) atoms. The van der Waals surface area contributed by atoms with Crippen molar-refractivity contribution >= 4 is 31.9 Å². The second-order valence-electron chi connectivity index (χ2n) is 2.89. The first-order valence-electron chi connectivity index (χ1n) is 4.85. The van der Waals surface area contributed by atoms with Gasteiger partial charge in [0.05, 0.1) is 13.0 Å². The van der Waals surface area contributed by atoms with E-state index in [-0.39, 0.29) is 17.1 Å². The van der Waals surface area contributed by atoms with E-state index in [0.29, 0.717) is 19.6 Å². The SMILES string of the molecule is CCOC(=O)C/C=C\CCNS(=O)(=O)CBr. The Morgan fingerprint density at radius 2 is 2.12 bits per heavy atom. The molecule has 0 fully saturated rings. The lowest BCUT2D eigenvalue weighted by molar-refractivity contribution is -0.142. The van der Waals surface area contributed by atoms with Gasteiger partial charge in [-0.1, -0.05) is 28.1 Å². The van der Waals surface area contributed by atoms with Crippen molar-refractivity contribution in [3.05, 3.63) is 12.2 Å². The van der Waals surface area contributed by atoms with Crippen molar-refractivity contribution in [1.29, 1.82) is 0 Å². The second-order valence-corrected chi connectivity index (χ2v) is 6.00. The van der Waals surface area contributed by atoms with Gasteiger partial charge in [0.2, 0.25) is 10.0 Å². The number of carbonyl (C=O) groups is 1. The average Bonchev–Trinajstić information content (AvgIpc) is 2.23. The number of hydrogen-bond donors (Lipinski definition) is 1. The highest BCUT2D eigenvalue weighted by Crippen LogP contribution is 1.93. The Bertz CT molecular complexity index is 326. The van der Waals surface area contributed by atoms with Crippen molar-refractivity contribution in [1.82, 2.24) is 4.72 Å². The van der Waals surface area contributed by atoms with Crippen LogP contribution in [0.4, 0.5) is 0 Å². The predicted molar refractivity (Wildman–Crippen MR) is 65.7 cm³/mol. The summed E-state index contributed by atoms with van der Waals surface area (Å²) in [5.41, 5.74) is 0. The highest BCUT2D eigenvalue weighted by Gasteiger charge is 2.04. The Hall–Kier alpha value is -0.400. The van der Waals surface area contributed by atoms with Crippen LogP contribution in [-0.4, -0.2) is 32.2 Å². The molecule has 0 bridgehead atoms. The number of carbonyl (C=O) groups excluding carboxylic acids is 1. The van der Waals surface area contributed by atoms with E-state index in [4.69, 9.17) is 4.74 Å². The highest BCUT2D eigenvalue weighted by molar-refractivity contribution is 9.10. The minimum absolute atomic E-state index is 0.105. The molecule has 0 aromatic rings. The van der Waals surface area contributed by atoms with Gasteiger partial charge in [0.25, 0.3) is 0 Å². The molecule has 5 nitrogen and oxygen atoms in total. The fourth-order valence-electron chi connectivity index (χ4n) is 0.854. The molecular weight excluding hydrogens is 298 g/mol. The fourth-order valence-corrected chi connectivity index (χ4v) is 1.85. The molecule has 0 saturated carbocycles. The van der Waals surface area contributed by atoms with Crippen LogP contribution in [0, 0.1) is 0 Å². The Morgan fingerprint density at radius 3 is 2.69 bits per heavy atom. The van der Waals surface area contributed by atoms with Crippen molar-refractivity contribution in [2.75, 3.05) is 17.8 Å². The summed E-state index contributed by atoms with van der Waals surface area (Å²) >= 11 is 2.86. The smallest absolute Gasteiger partial charge is 0.309 e. The first kappa shape index (κ1) is 15.6. The summed E-state index contributed by atoms with van der Waals surface area (Å²) in [7, 11) is -3.19. The molecule has 7 heteroatoms. The molecule has 0 aromatic heterocycles. The lowest BCUT2D eigenvalue weighted by atomic mass is 10.3. The van der Waals surface area contributed by atoms with Gasteiger partial charge in [0.1, 0.15) is 4.66 Å². The first-order chi connectivity index (χ1) is 7.52. The van der Waals surface area contributed by atoms with Crippen molar-refractivity contribution in [3.63, 3.8) is 0 Å². The van der Waals surface area contributed by atoms with Crippen LogP contribution in [0.3, 0.4) is 0 Å². The molecule has 0 spiro atoms. The highest BCUT2D eigenvalue weighted by atomic mass is 79.9. The predicted octanol–water partition coefficient (Wildman–Crippen LogP) is 1.16. The zero-order valence-corrected chi connectivity index (χ0v) is 11.5. The Balaban J connectivity index is 3.60. The molecule has 0 radical (unpaired) electrons. The number of sulfonamides is 1. The van der Waals surface area contributed by atoms with E-state index in [0.717, 1.165) is 0 Å². The Morgan fingerprint density at radius 1 is 1.44 bits per heavy atom. The van der Waals surface area contributed by atoms with E-state index in [1.54, 1.807) is 19.1 Å². The van der Waals surface area contributed by atoms with Crippen LogP contribution in [-0.2, 0) is 19.6 Å². The van der Waals surface area contributed by atoms with Crippen LogP contribution in [0.1, 0.15) is 19.8 Å². The summed E-state index contributed by atoms with van der Waals surface area (Å²) in [6.45, 7) is 2.45. The monoisotopic (exact) mass is 313 g/mol. The van der Waals surface area contributed by atoms with Gasteiger partial charge in [-0.25, -0.2) is 13.1 Å². The van der Waals surface area contributed by atoms with Crippen molar-refractivity contribution in [2.45, 2.75) is 19.8 Å². The Kier molecular flexibility index (Phi) is 8.50. The zero-order chi connectivity index (χ0) is 12.4. The molecule has 0 aromatic carbocycles. The summed E-state index contributed by atoms with van der Waals surface area (Å²) in [5, 5.41) is 0. The lowest BCUT2D eigenvalue weighted by Crippen LogP contribution is -2.24. The van der Waals surface area contributed by atoms with Gasteiger partial charge in [-0.15, -0.1) is 0 Å². The standard InChI is InChI=1S/C9H16BrNO4S/c1-2-15-9(12)6-4-3-5-7-11-16(13,14)8-10/h3-4,11H,2,5-8H2,1H3/b4-3-. The molecule has 0 amide bonds. The van der Waals surface area contributed by atoms with Gasteiger partial charge >= 0.3 is 5.97 Å². The number of nitrogens with one attached hydrogen (secondary N) is 1. The van der Waals surface area contributed by atoms with Gasteiger partial charge in [-0.2, -0.15) is 0 Å². The summed E-state index contributed by atoms with van der Waals surface area (Å²) in [6.07, 6.45) is 4.18. The van der Waals surface area contributed by atoms with Crippen LogP contribution in [0.15, 0.2) is 12.2 Å². The molecule has 0 aliphatic rings. The molecule has 94 valence electrons. The second kappa shape index (κ2) is 8.72. The maximum absolute atomic E-state index is 11.0. The Labute approximate surface area is 104 Å². The van der Waals surface area contributed by atoms with E-state index in [9.17, 15) is 13.2 Å². The summed E-state index contributed by atoms with van der Waals surface area (Å²) in [4.78, 5) is 10.9. The number of alkyl halides is 1. The molecule has 0 aliphatic carbocycles. The molecule has 1 N–H and O–H groups in total. The van der Waals surface area contributed by atoms with Crippen LogP contribution < -0.4 is 4.72 Å². The van der Waals surface area contributed by atoms with Crippen LogP contribution >= 0.6 is 15.9 Å². The third kappa shape index (κ3) is 8.87. The quantitative estimate of drug-likeness (QED) is 0.316. The van der Waals surface area contributed by atoms with E-state index < -0.39 is 10.0 Å². The summed E-state index contributed by atoms with van der Waals surface area (Å²) in [6, 6.07) is 0. The molecule has 0 aliphatic heterocycles. The molecule has 0 unspecified atom stereocenters. The number of rotatable bonds is 8. The zero-order valence-electron chi connectivity index (χ0n) is 9.11. The molecule has 0 heterocycles.